The monoisotopic (exact) mass is 1120 g/mol. The van der Waals surface area contributed by atoms with Gasteiger partial charge < -0.3 is 38.1 Å². The van der Waals surface area contributed by atoms with Crippen molar-refractivity contribution in [3.63, 3.8) is 0 Å². The molecule has 1 aliphatic carbocycles. The molecule has 1 unspecified atom stereocenters. The predicted molar refractivity (Wildman–Crippen MR) is 281 cm³/mol. The Bertz CT molecular complexity index is 2250. The molecule has 3 aliphatic heterocycles. The highest BCUT2D eigenvalue weighted by molar-refractivity contribution is 7.87. The average Bonchev–Trinajstić information content (AvgIpc) is 3.34. The molecule has 2 saturated heterocycles. The lowest BCUT2D eigenvalue weighted by Crippen LogP contribution is -2.61. The number of amides is 1. The van der Waals surface area contributed by atoms with E-state index in [1.807, 2.05) is 70.8 Å². The fourth-order valence-electron chi connectivity index (χ4n) is 10.9. The number of methoxy groups -OCH3 is 3. The number of hydrogen-bond acceptors (Lipinski definition) is 15. The highest BCUT2D eigenvalue weighted by Crippen LogP contribution is 2.39. The maximum absolute atomic E-state index is 14.6. The summed E-state index contributed by atoms with van der Waals surface area (Å²) in [6, 6.07) is -1.27. The molecule has 15 atom stereocenters. The quantitative estimate of drug-likeness (QED) is 0.0541. The van der Waals surface area contributed by atoms with Crippen LogP contribution in [0.1, 0.15) is 126 Å². The van der Waals surface area contributed by atoms with Crippen molar-refractivity contribution < 1.29 is 83.0 Å². The van der Waals surface area contributed by atoms with Gasteiger partial charge in [0.25, 0.3) is 11.7 Å². The second-order valence-corrected chi connectivity index (χ2v) is 28.8. The Morgan fingerprint density at radius 2 is 1.53 bits per heavy atom. The van der Waals surface area contributed by atoms with Crippen molar-refractivity contribution in [3.8, 4) is 0 Å². The van der Waals surface area contributed by atoms with E-state index < -0.39 is 120 Å². The number of piperidine rings is 1. The lowest BCUT2D eigenvalue weighted by atomic mass is 9.78. The van der Waals surface area contributed by atoms with E-state index in [0.717, 1.165) is 10.5 Å². The molecule has 1 saturated carbocycles. The van der Waals surface area contributed by atoms with E-state index in [-0.39, 0.29) is 74.9 Å². The first-order chi connectivity index (χ1) is 35.4. The van der Waals surface area contributed by atoms with E-state index in [1.165, 1.54) is 14.2 Å². The van der Waals surface area contributed by atoms with Crippen molar-refractivity contribution in [3.05, 3.63) is 47.6 Å². The normalized spacial score (nSPS) is 35.9. The summed E-state index contributed by atoms with van der Waals surface area (Å²) in [4.78, 5) is 73.2. The molecule has 3 fully saturated rings. The van der Waals surface area contributed by atoms with Crippen LogP contribution in [0.4, 0.5) is 13.2 Å². The predicted octanol–water partition coefficient (Wildman–Crippen LogP) is 8.91. The maximum Gasteiger partial charge on any atom is 0.523 e. The maximum atomic E-state index is 14.6. The van der Waals surface area contributed by atoms with Crippen molar-refractivity contribution in [1.82, 2.24) is 4.90 Å². The Morgan fingerprint density at radius 1 is 0.842 bits per heavy atom. The lowest BCUT2D eigenvalue weighted by Gasteiger charge is -2.42. The smallest absolute Gasteiger partial charge is 0.460 e. The van der Waals surface area contributed by atoms with E-state index in [2.05, 4.69) is 4.18 Å². The van der Waals surface area contributed by atoms with Crippen molar-refractivity contribution in [2.24, 2.45) is 35.5 Å². The number of aliphatic hydroxyl groups is 1. The summed E-state index contributed by atoms with van der Waals surface area (Å²) >= 11 is 0. The average molecular weight is 1120 g/mol. The summed E-state index contributed by atoms with van der Waals surface area (Å²) in [5.41, 5.74) is -4.20. The summed E-state index contributed by atoms with van der Waals surface area (Å²) in [5, 5.41) is 12.0. The van der Waals surface area contributed by atoms with Gasteiger partial charge >= 0.3 is 21.6 Å². The molecule has 1 amide bonds. The Labute approximate surface area is 450 Å². The molecular formula is C55H86F3NO15SSi. The first-order valence-corrected chi connectivity index (χ1v) is 31.7. The van der Waals surface area contributed by atoms with Crippen LogP contribution in [0.5, 0.6) is 0 Å². The summed E-state index contributed by atoms with van der Waals surface area (Å²) in [6.07, 6.45) is 7.51. The van der Waals surface area contributed by atoms with E-state index in [0.29, 0.717) is 37.7 Å². The number of ketones is 3. The van der Waals surface area contributed by atoms with Gasteiger partial charge in [-0.2, -0.15) is 21.6 Å². The summed E-state index contributed by atoms with van der Waals surface area (Å²) in [7, 11) is -4.04. The number of cyclic esters (lactones) is 1. The third kappa shape index (κ3) is 17.5. The number of halogens is 3. The molecular weight excluding hydrogens is 1030 g/mol. The van der Waals surface area contributed by atoms with E-state index in [1.54, 1.807) is 40.9 Å². The number of alkyl halides is 3. The van der Waals surface area contributed by atoms with Crippen LogP contribution in [0.2, 0.25) is 19.6 Å². The molecule has 4 aliphatic rings. The zero-order chi connectivity index (χ0) is 57.1. The molecule has 3 heterocycles. The van der Waals surface area contributed by atoms with Gasteiger partial charge in [0.1, 0.15) is 30.1 Å². The van der Waals surface area contributed by atoms with Crippen LogP contribution in [-0.4, -0.2) is 144 Å². The summed E-state index contributed by atoms with van der Waals surface area (Å²) < 4.78 is 105. The van der Waals surface area contributed by atoms with Gasteiger partial charge in [0.15, 0.2) is 14.1 Å². The van der Waals surface area contributed by atoms with Gasteiger partial charge in [-0.3, -0.25) is 23.4 Å². The number of carbonyl (C=O) groups excluding carboxylic acids is 5. The van der Waals surface area contributed by atoms with Crippen LogP contribution in [0.15, 0.2) is 47.6 Å². The molecule has 2 bridgehead atoms. The Kier molecular flexibility index (Phi) is 24.1. The Hall–Kier alpha value is -3.41. The molecule has 0 spiro atoms. The van der Waals surface area contributed by atoms with E-state index >= 15 is 0 Å². The van der Waals surface area contributed by atoms with Crippen LogP contribution in [-0.2, 0) is 66.4 Å². The van der Waals surface area contributed by atoms with Crippen LogP contribution in [0.3, 0.4) is 0 Å². The second-order valence-electron chi connectivity index (χ2n) is 22.8. The minimum absolute atomic E-state index is 0.00324. The molecule has 0 aromatic heterocycles. The van der Waals surface area contributed by atoms with Gasteiger partial charge in [-0.15, -0.1) is 0 Å². The fourth-order valence-corrected chi connectivity index (χ4v) is 12.7. The van der Waals surface area contributed by atoms with Crippen LogP contribution in [0.25, 0.3) is 0 Å². The zero-order valence-corrected chi connectivity index (χ0v) is 48.7. The number of rotatable bonds is 10. The molecule has 0 radical (unpaired) electrons. The molecule has 16 nitrogen and oxygen atoms in total. The molecule has 76 heavy (non-hydrogen) atoms. The zero-order valence-electron chi connectivity index (χ0n) is 46.9. The minimum Gasteiger partial charge on any atom is -0.460 e. The number of carbonyl (C=O) groups is 5. The topological polar surface area (TPSA) is 208 Å². The number of fused-ring (bicyclic) bond motifs is 3. The SMILES string of the molecule is CO[C@H]1C[C@@H]2CC[C@@H](C)[C@@](O)(O2)C(=O)C(=O)N2CCCC[C@H]2C(=O)OC([C@H](C)C[C@@H]2CC[C@@H](OS(=O)(=O)C(F)(F)F)[C@H](OC)C2)CC(=O)[C@H](C)/C=C(\C)[C@@H](O[Si](C)(C)C)[C@@H](OC)C(=O)[C@H](C)C[C@H](C)/C=C/C=CC=C1C. The number of Topliss-reactive ketones (excluding diaryl/α,β-unsaturated/α-hetero) is 3. The molecule has 0 aromatic carbocycles. The highest BCUT2D eigenvalue weighted by Gasteiger charge is 2.54. The number of nitrogens with zero attached hydrogens (tertiary/aromatic N) is 1. The Balaban J connectivity index is 1.77. The number of hydrogen-bond donors (Lipinski definition) is 1. The summed E-state index contributed by atoms with van der Waals surface area (Å²) in [6.45, 7) is 18.6. The van der Waals surface area contributed by atoms with Crippen LogP contribution >= 0.6 is 0 Å². The van der Waals surface area contributed by atoms with Gasteiger partial charge in [-0.05, 0) is 127 Å². The van der Waals surface area contributed by atoms with Crippen molar-refractivity contribution in [1.29, 1.82) is 0 Å². The van der Waals surface area contributed by atoms with E-state index in [4.69, 9.17) is 28.1 Å². The van der Waals surface area contributed by atoms with E-state index in [9.17, 15) is 50.7 Å². The third-order valence-electron chi connectivity index (χ3n) is 15.4. The van der Waals surface area contributed by atoms with Crippen LogP contribution < -0.4 is 0 Å². The van der Waals surface area contributed by atoms with Crippen LogP contribution in [0, 0.1) is 35.5 Å². The largest absolute Gasteiger partial charge is 0.523 e. The third-order valence-corrected chi connectivity index (χ3v) is 17.5. The second kappa shape index (κ2) is 28.1. The fraction of sp³-hybridized carbons (Fsp3) is 0.764. The minimum atomic E-state index is -5.91. The first-order valence-electron chi connectivity index (χ1n) is 26.9. The number of ether oxygens (including phenoxy) is 5. The molecule has 432 valence electrons. The molecule has 0 aromatic rings. The molecule has 21 heteroatoms. The van der Waals surface area contributed by atoms with Gasteiger partial charge in [0, 0.05) is 58.5 Å². The van der Waals surface area contributed by atoms with Crippen molar-refractivity contribution >= 4 is 47.7 Å². The van der Waals surface area contributed by atoms with Gasteiger partial charge in [-0.25, -0.2) is 4.79 Å². The standard InChI is InChI=1S/C55H86F3NO15SSi/c1-33-19-15-14-16-20-34(2)45(68-8)31-41-24-22-39(7)54(65,72-41)51(62)52(63)59-26-18-17-21-42(59)53(64)71-46(36(4)29-40-23-25-44(47(30-40)69-9)73-75(66,67)55(56,57)58)32-43(60)35(3)28-38(6)49(74-76(11,12)13)50(70-10)48(61)37(5)27-33/h14-16,19-20,28,33,35-37,39-42,44-47,49-50,65H,17-18,21-27,29-32H2,1-13H3/b16-14?,19-15+,34-20?,38-28+/t33-,35-,36-,37-,39-,40+,41+,42+,44-,45+,46?,47-,49-,50+,54-/m1/s1. The molecule has 1 N–H and O–H groups in total. The van der Waals surface area contributed by atoms with Gasteiger partial charge in [0.05, 0.1) is 24.4 Å². The lowest BCUT2D eigenvalue weighted by molar-refractivity contribution is -0.265. The number of allylic oxidation sites excluding steroid dienone is 6. The van der Waals surface area contributed by atoms with Crippen molar-refractivity contribution in [2.75, 3.05) is 27.9 Å². The Morgan fingerprint density at radius 3 is 2.14 bits per heavy atom. The van der Waals surface area contributed by atoms with Gasteiger partial charge in [0.2, 0.25) is 5.79 Å². The van der Waals surface area contributed by atoms with Crippen molar-refractivity contribution in [2.45, 2.75) is 205 Å². The summed E-state index contributed by atoms with van der Waals surface area (Å²) in [5.74, 6) is -9.15. The molecule has 4 rings (SSSR count). The first kappa shape index (κ1) is 65.1. The highest BCUT2D eigenvalue weighted by atomic mass is 32.2. The number of esters is 1. The van der Waals surface area contributed by atoms with Gasteiger partial charge in [-0.1, -0.05) is 71.1 Å².